The second-order valence-electron chi connectivity index (χ2n) is 13.3. The fraction of sp³-hybridized carbons (Fsp3) is 0.486. The first kappa shape index (κ1) is 46.7. The maximum Gasteiger partial charge on any atom is 0.326 e. The van der Waals surface area contributed by atoms with Crippen LogP contribution in [-0.4, -0.2) is 108 Å². The molecule has 0 unspecified atom stereocenters. The Morgan fingerprint density at radius 2 is 1.24 bits per heavy atom. The number of benzene rings is 1. The van der Waals surface area contributed by atoms with Gasteiger partial charge in [-0.2, -0.15) is 0 Å². The first-order valence-electron chi connectivity index (χ1n) is 17.3. The highest BCUT2D eigenvalue weighted by Crippen LogP contribution is 2.08. The van der Waals surface area contributed by atoms with Gasteiger partial charge in [0.25, 0.3) is 0 Å². The third-order valence-electron chi connectivity index (χ3n) is 7.57. The minimum absolute atomic E-state index is 0.0110. The minimum atomic E-state index is -1.59. The Morgan fingerprint density at radius 3 is 1.78 bits per heavy atom. The van der Waals surface area contributed by atoms with E-state index >= 15 is 0 Å². The molecule has 0 heterocycles. The molecule has 0 aliphatic heterocycles. The first-order valence-corrected chi connectivity index (χ1v) is 17.3. The van der Waals surface area contributed by atoms with Crippen molar-refractivity contribution in [2.24, 2.45) is 23.3 Å². The molecule has 1 aromatic rings. The Kier molecular flexibility index (Phi) is 19.8. The van der Waals surface area contributed by atoms with Crippen molar-refractivity contribution >= 4 is 59.1 Å². The molecule has 55 heavy (non-hydrogen) atoms. The molecule has 1 aromatic carbocycles. The molecule has 0 saturated carbocycles. The molecule has 5 atom stereocenters. The lowest BCUT2D eigenvalue weighted by Gasteiger charge is -2.26. The number of carboxylic acid groups (broad SMARTS) is 1. The number of hydrogen-bond donors (Lipinski definition) is 10. The molecule has 0 aliphatic rings. The number of primary amides is 2. The predicted octanol–water partition coefficient (Wildman–Crippen LogP) is -3.39. The van der Waals surface area contributed by atoms with Crippen LogP contribution in [0.5, 0.6) is 0 Å². The SMILES string of the molecule is CC(C)C[C@H](NC(=O)[C@H](CC(N)=O)NC(=O)/C=C/C(=O)NCC(=O)NCC(=O)N[C@@H](Cc1ccccc1)C(=O)O)C(=O)N[C@@H](C)C(=O)N[C@H](C(N)=O)C(C)C. The third kappa shape index (κ3) is 18.8. The van der Waals surface area contributed by atoms with Gasteiger partial charge in [0.2, 0.25) is 53.2 Å². The summed E-state index contributed by atoms with van der Waals surface area (Å²) in [5.74, 6) is -9.51. The maximum absolute atomic E-state index is 13.2. The molecule has 1 rings (SSSR count). The lowest BCUT2D eigenvalue weighted by atomic mass is 10.0. The van der Waals surface area contributed by atoms with Crippen LogP contribution < -0.4 is 48.7 Å². The number of rotatable bonds is 23. The van der Waals surface area contributed by atoms with Gasteiger partial charge in [-0.05, 0) is 30.7 Å². The Labute approximate surface area is 317 Å². The normalized spacial score (nSPS) is 13.7. The molecule has 0 fully saturated rings. The van der Waals surface area contributed by atoms with Crippen LogP contribution in [-0.2, 0) is 54.4 Å². The quantitative estimate of drug-likeness (QED) is 0.0489. The number of carboxylic acids is 1. The molecule has 0 aromatic heterocycles. The van der Waals surface area contributed by atoms with Crippen molar-refractivity contribution in [2.45, 2.75) is 84.1 Å². The van der Waals surface area contributed by atoms with Crippen molar-refractivity contribution in [3.63, 3.8) is 0 Å². The van der Waals surface area contributed by atoms with Gasteiger partial charge in [-0.25, -0.2) is 4.79 Å². The van der Waals surface area contributed by atoms with Crippen molar-refractivity contribution in [3.05, 3.63) is 48.0 Å². The molecule has 0 radical (unpaired) electrons. The van der Waals surface area contributed by atoms with Gasteiger partial charge in [-0.1, -0.05) is 58.0 Å². The summed E-state index contributed by atoms with van der Waals surface area (Å²) in [5, 5.41) is 25.7. The van der Waals surface area contributed by atoms with Crippen molar-refractivity contribution < 1.29 is 53.1 Å². The lowest BCUT2D eigenvalue weighted by molar-refractivity contribution is -0.141. The van der Waals surface area contributed by atoms with E-state index in [1.807, 2.05) is 0 Å². The standard InChI is InChI=1S/C35H51N9O11/c1-18(2)13-22(33(52)40-20(5)32(51)44-30(19(3)4)31(37)50)43-34(53)23(15-25(36)45)41-27(47)12-11-26(46)38-16-28(48)39-17-29(49)42-24(35(54)55)14-21-9-7-6-8-10-21/h6-12,18-20,22-24,30H,13-17H2,1-5H3,(H2,36,45)(H2,37,50)(H,38,46)(H,39,48)(H,40,52)(H,41,47)(H,42,49)(H,43,53)(H,44,51)(H,54,55)/b12-11+/t20-,22-,23-,24-,30-/m0/s1. The van der Waals surface area contributed by atoms with Crippen molar-refractivity contribution in [3.8, 4) is 0 Å². The van der Waals surface area contributed by atoms with Gasteiger partial charge in [0, 0.05) is 18.6 Å². The zero-order valence-electron chi connectivity index (χ0n) is 31.3. The van der Waals surface area contributed by atoms with Crippen LogP contribution in [0.1, 0.15) is 53.0 Å². The highest BCUT2D eigenvalue weighted by Gasteiger charge is 2.31. The van der Waals surface area contributed by atoms with Crippen LogP contribution in [0, 0.1) is 11.8 Å². The van der Waals surface area contributed by atoms with Crippen molar-refractivity contribution in [2.75, 3.05) is 13.1 Å². The molecule has 9 amide bonds. The highest BCUT2D eigenvalue weighted by atomic mass is 16.4. The molecule has 0 aliphatic carbocycles. The average molecular weight is 774 g/mol. The minimum Gasteiger partial charge on any atom is -0.480 e. The molecule has 20 heteroatoms. The Bertz CT molecular complexity index is 1600. The van der Waals surface area contributed by atoms with E-state index in [9.17, 15) is 53.1 Å². The molecule has 12 N–H and O–H groups in total. The van der Waals surface area contributed by atoms with E-state index < -0.39 is 109 Å². The molecular formula is C35H51N9O11. The van der Waals surface area contributed by atoms with Gasteiger partial charge >= 0.3 is 5.97 Å². The maximum atomic E-state index is 13.2. The number of nitrogens with two attached hydrogens (primary N) is 2. The molecule has 0 spiro atoms. The number of hydrogen-bond acceptors (Lipinski definition) is 10. The monoisotopic (exact) mass is 773 g/mol. The summed E-state index contributed by atoms with van der Waals surface area (Å²) in [5.41, 5.74) is 11.3. The highest BCUT2D eigenvalue weighted by molar-refractivity contribution is 6.01. The number of carbonyl (C=O) groups is 10. The van der Waals surface area contributed by atoms with E-state index in [0.29, 0.717) is 11.6 Å². The topological polar surface area (TPSA) is 327 Å². The first-order chi connectivity index (χ1) is 25.7. The van der Waals surface area contributed by atoms with Gasteiger partial charge in [0.05, 0.1) is 19.5 Å². The van der Waals surface area contributed by atoms with Crippen molar-refractivity contribution in [1.82, 2.24) is 37.2 Å². The zero-order valence-corrected chi connectivity index (χ0v) is 31.3. The van der Waals surface area contributed by atoms with E-state index in [1.165, 1.54) is 6.92 Å². The van der Waals surface area contributed by atoms with E-state index in [0.717, 1.165) is 6.08 Å². The van der Waals surface area contributed by atoms with E-state index in [-0.39, 0.29) is 24.7 Å². The van der Waals surface area contributed by atoms with Crippen LogP contribution in [0.2, 0.25) is 0 Å². The number of aliphatic carboxylic acids is 1. The summed E-state index contributed by atoms with van der Waals surface area (Å²) in [7, 11) is 0. The summed E-state index contributed by atoms with van der Waals surface area (Å²) in [4.78, 5) is 123. The number of amides is 9. The van der Waals surface area contributed by atoms with Crippen LogP contribution in [0.4, 0.5) is 0 Å². The van der Waals surface area contributed by atoms with Crippen LogP contribution in [0.25, 0.3) is 0 Å². The van der Waals surface area contributed by atoms with Crippen LogP contribution in [0.3, 0.4) is 0 Å². The summed E-state index contributed by atoms with van der Waals surface area (Å²) in [6.45, 7) is 7.00. The second-order valence-corrected chi connectivity index (χ2v) is 13.3. The van der Waals surface area contributed by atoms with Gasteiger partial charge in [0.1, 0.15) is 30.2 Å². The molecule has 20 nitrogen and oxygen atoms in total. The van der Waals surface area contributed by atoms with Crippen molar-refractivity contribution in [1.29, 1.82) is 0 Å². The van der Waals surface area contributed by atoms with Gasteiger partial charge in [0.15, 0.2) is 0 Å². The summed E-state index contributed by atoms with van der Waals surface area (Å²) in [6, 6.07) is 2.35. The number of nitrogens with one attached hydrogen (secondary N) is 7. The molecule has 302 valence electrons. The predicted molar refractivity (Wildman–Crippen MR) is 196 cm³/mol. The Morgan fingerprint density at radius 1 is 0.655 bits per heavy atom. The Balaban J connectivity index is 2.75. The lowest BCUT2D eigenvalue weighted by Crippen LogP contribution is -2.58. The second kappa shape index (κ2) is 23.4. The third-order valence-corrected chi connectivity index (χ3v) is 7.57. The molecule has 0 bridgehead atoms. The van der Waals surface area contributed by atoms with Gasteiger partial charge in [-0.3, -0.25) is 43.2 Å². The smallest absolute Gasteiger partial charge is 0.326 e. The number of carbonyl (C=O) groups excluding carboxylic acids is 9. The fourth-order valence-electron chi connectivity index (χ4n) is 4.74. The summed E-state index contributed by atoms with van der Waals surface area (Å²) in [6.07, 6.45) is 0.823. The molecular weight excluding hydrogens is 722 g/mol. The molecule has 0 saturated heterocycles. The average Bonchev–Trinajstić information content (AvgIpc) is 3.09. The Hall–Kier alpha value is -6.34. The summed E-state index contributed by atoms with van der Waals surface area (Å²) < 4.78 is 0. The van der Waals surface area contributed by atoms with Gasteiger partial charge in [-0.15, -0.1) is 0 Å². The zero-order chi connectivity index (χ0) is 41.8. The summed E-state index contributed by atoms with van der Waals surface area (Å²) >= 11 is 0. The largest absolute Gasteiger partial charge is 0.480 e. The van der Waals surface area contributed by atoms with E-state index in [1.54, 1.807) is 58.0 Å². The van der Waals surface area contributed by atoms with E-state index in [4.69, 9.17) is 11.5 Å². The van der Waals surface area contributed by atoms with Crippen LogP contribution in [0.15, 0.2) is 42.5 Å². The van der Waals surface area contributed by atoms with E-state index in [2.05, 4.69) is 37.2 Å². The fourth-order valence-corrected chi connectivity index (χ4v) is 4.74. The van der Waals surface area contributed by atoms with Crippen LogP contribution >= 0.6 is 0 Å². The van der Waals surface area contributed by atoms with Gasteiger partial charge < -0.3 is 53.8 Å².